The van der Waals surface area contributed by atoms with Crippen LogP contribution in [0.2, 0.25) is 0 Å². The summed E-state index contributed by atoms with van der Waals surface area (Å²) in [5.74, 6) is -1.50. The highest BCUT2D eigenvalue weighted by atomic mass is 79.9. The van der Waals surface area contributed by atoms with Crippen molar-refractivity contribution in [1.82, 2.24) is 4.72 Å². The molecule has 0 radical (unpaired) electrons. The van der Waals surface area contributed by atoms with Crippen molar-refractivity contribution in [2.45, 2.75) is 10.8 Å². The molecule has 0 unspecified atom stereocenters. The first kappa shape index (κ1) is 16.0. The summed E-state index contributed by atoms with van der Waals surface area (Å²) in [6.07, 6.45) is 0. The fraction of sp³-hybridized carbons (Fsp3) is 0.0909. The van der Waals surface area contributed by atoms with Crippen molar-refractivity contribution < 1.29 is 17.2 Å². The lowest BCUT2D eigenvalue weighted by Crippen LogP contribution is -2.22. The van der Waals surface area contributed by atoms with Gasteiger partial charge in [-0.25, -0.2) is 21.9 Å². The summed E-state index contributed by atoms with van der Waals surface area (Å²) in [4.78, 5) is 0. The second-order valence-corrected chi connectivity index (χ2v) is 8.97. The van der Waals surface area contributed by atoms with E-state index in [0.717, 1.165) is 17.4 Å². The summed E-state index contributed by atoms with van der Waals surface area (Å²) in [6.45, 7) is -0.248. The van der Waals surface area contributed by atoms with Gasteiger partial charge in [0.25, 0.3) is 0 Å². The minimum atomic E-state index is -3.74. The summed E-state index contributed by atoms with van der Waals surface area (Å²) >= 11 is 7.42. The maximum atomic E-state index is 13.4. The molecule has 1 aromatic heterocycles. The monoisotopic (exact) mass is 445 g/mol. The van der Waals surface area contributed by atoms with Crippen molar-refractivity contribution in [3.05, 3.63) is 49.7 Å². The van der Waals surface area contributed by atoms with Gasteiger partial charge in [-0.2, -0.15) is 0 Å². The molecule has 0 aliphatic carbocycles. The first-order chi connectivity index (χ1) is 9.29. The van der Waals surface area contributed by atoms with E-state index in [0.29, 0.717) is 14.3 Å². The lowest BCUT2D eigenvalue weighted by molar-refractivity contribution is 0.563. The number of nitrogens with one attached hydrogen (secondary N) is 1. The second kappa shape index (κ2) is 6.18. The van der Waals surface area contributed by atoms with Crippen molar-refractivity contribution >= 4 is 53.2 Å². The van der Waals surface area contributed by atoms with Crippen LogP contribution in [0.3, 0.4) is 0 Å². The molecule has 0 saturated carbocycles. The Bertz CT molecular complexity index is 727. The normalized spacial score (nSPS) is 11.8. The smallest absolute Gasteiger partial charge is 0.207 e. The zero-order valence-corrected chi connectivity index (χ0v) is 14.5. The molecule has 0 saturated heterocycles. The van der Waals surface area contributed by atoms with E-state index in [-0.39, 0.29) is 16.3 Å². The quantitative estimate of drug-likeness (QED) is 0.770. The number of thiophene rings is 1. The van der Waals surface area contributed by atoms with Gasteiger partial charge in [0.05, 0.1) is 3.79 Å². The average molecular weight is 447 g/mol. The largest absolute Gasteiger partial charge is 0.250 e. The minimum absolute atomic E-state index is 0.0738. The highest BCUT2D eigenvalue weighted by molar-refractivity contribution is 9.13. The third-order valence-corrected chi connectivity index (χ3v) is 7.49. The van der Waals surface area contributed by atoms with E-state index in [2.05, 4.69) is 36.6 Å². The van der Waals surface area contributed by atoms with Crippen molar-refractivity contribution in [2.24, 2.45) is 0 Å². The van der Waals surface area contributed by atoms with Gasteiger partial charge in [-0.05, 0) is 44.0 Å². The van der Waals surface area contributed by atoms with Crippen LogP contribution in [0.25, 0.3) is 0 Å². The van der Waals surface area contributed by atoms with Crippen LogP contribution in [0.15, 0.2) is 36.7 Å². The lowest BCUT2D eigenvalue weighted by atomic mass is 10.2. The molecule has 1 heterocycles. The summed E-state index contributed by atoms with van der Waals surface area (Å²) in [5.41, 5.74) is 0.0738. The molecule has 2 rings (SSSR count). The number of halogens is 4. The van der Waals surface area contributed by atoms with Gasteiger partial charge in [0.1, 0.15) is 15.8 Å². The molecular weight excluding hydrogens is 440 g/mol. The number of benzene rings is 1. The fourth-order valence-corrected chi connectivity index (χ4v) is 5.24. The van der Waals surface area contributed by atoms with Crippen molar-refractivity contribution in [3.63, 3.8) is 0 Å². The maximum Gasteiger partial charge on any atom is 0.250 e. The molecule has 9 heteroatoms. The third kappa shape index (κ3) is 3.64. The van der Waals surface area contributed by atoms with E-state index in [9.17, 15) is 17.2 Å². The van der Waals surface area contributed by atoms with E-state index < -0.39 is 21.7 Å². The zero-order valence-electron chi connectivity index (χ0n) is 9.66. The Morgan fingerprint density at radius 2 is 1.90 bits per heavy atom. The van der Waals surface area contributed by atoms with Gasteiger partial charge in [-0.15, -0.1) is 11.3 Å². The molecule has 2 aromatic rings. The summed E-state index contributed by atoms with van der Waals surface area (Å²) in [7, 11) is -3.74. The van der Waals surface area contributed by atoms with Crippen molar-refractivity contribution in [3.8, 4) is 0 Å². The molecule has 0 aliphatic heterocycles. The predicted octanol–water partition coefficient (Wildman–Crippen LogP) is 4.03. The molecule has 0 bridgehead atoms. The molecule has 0 fully saturated rings. The molecule has 1 N–H and O–H groups in total. The van der Waals surface area contributed by atoms with E-state index in [1.165, 1.54) is 12.1 Å². The fourth-order valence-electron chi connectivity index (χ4n) is 1.37. The van der Waals surface area contributed by atoms with Crippen molar-refractivity contribution in [2.75, 3.05) is 0 Å². The van der Waals surface area contributed by atoms with Crippen LogP contribution in [0, 0.1) is 11.6 Å². The summed E-state index contributed by atoms with van der Waals surface area (Å²) in [6, 6.07) is 4.43. The van der Waals surface area contributed by atoms with Crippen molar-refractivity contribution in [1.29, 1.82) is 0 Å². The zero-order chi connectivity index (χ0) is 14.9. The number of sulfonamides is 1. The van der Waals surface area contributed by atoms with Gasteiger partial charge in [0.15, 0.2) is 0 Å². The molecule has 3 nitrogen and oxygen atoms in total. The molecule has 108 valence electrons. The van der Waals surface area contributed by atoms with Crippen LogP contribution in [0.4, 0.5) is 8.78 Å². The highest BCUT2D eigenvalue weighted by Gasteiger charge is 2.19. The summed E-state index contributed by atoms with van der Waals surface area (Å²) < 4.78 is 53.8. The Labute approximate surface area is 135 Å². The van der Waals surface area contributed by atoms with Crippen LogP contribution in [-0.2, 0) is 16.6 Å². The Morgan fingerprint density at radius 3 is 2.45 bits per heavy atom. The Balaban J connectivity index is 2.17. The van der Waals surface area contributed by atoms with Gasteiger partial charge in [0.2, 0.25) is 10.0 Å². The lowest BCUT2D eigenvalue weighted by Gasteiger charge is -2.06. The molecule has 0 atom stereocenters. The summed E-state index contributed by atoms with van der Waals surface area (Å²) in [5, 5.41) is 0. The van der Waals surface area contributed by atoms with E-state index in [1.807, 2.05) is 0 Å². The van der Waals surface area contributed by atoms with E-state index in [1.54, 1.807) is 0 Å². The van der Waals surface area contributed by atoms with E-state index >= 15 is 0 Å². The Morgan fingerprint density at radius 1 is 1.20 bits per heavy atom. The molecular formula is C11H7Br2F2NO2S2. The van der Waals surface area contributed by atoms with E-state index in [4.69, 9.17) is 0 Å². The molecule has 0 aliphatic rings. The molecule has 20 heavy (non-hydrogen) atoms. The highest BCUT2D eigenvalue weighted by Crippen LogP contribution is 2.34. The maximum absolute atomic E-state index is 13.4. The third-order valence-electron chi connectivity index (χ3n) is 2.36. The average Bonchev–Trinajstić information content (AvgIpc) is 2.69. The second-order valence-electron chi connectivity index (χ2n) is 3.75. The van der Waals surface area contributed by atoms with Crippen LogP contribution in [0.5, 0.6) is 0 Å². The standard InChI is InChI=1S/C11H7Br2F2NO2S2/c12-8-4-10(19-11(8)13)20(17,18)16-5-6-1-2-7(14)3-9(6)15/h1-4,16H,5H2. The molecule has 1 aromatic carbocycles. The van der Waals surface area contributed by atoms with Gasteiger partial charge in [-0.3, -0.25) is 0 Å². The minimum Gasteiger partial charge on any atom is -0.207 e. The van der Waals surface area contributed by atoms with Gasteiger partial charge >= 0.3 is 0 Å². The van der Waals surface area contributed by atoms with Crippen LogP contribution < -0.4 is 4.72 Å². The molecule has 0 spiro atoms. The number of rotatable bonds is 4. The van der Waals surface area contributed by atoms with Gasteiger partial charge < -0.3 is 0 Å². The Kier molecular flexibility index (Phi) is 4.96. The predicted molar refractivity (Wildman–Crippen MR) is 80.1 cm³/mol. The first-order valence-electron chi connectivity index (χ1n) is 5.18. The SMILES string of the molecule is O=S(=O)(NCc1ccc(F)cc1F)c1cc(Br)c(Br)s1. The first-order valence-corrected chi connectivity index (χ1v) is 9.06. The number of hydrogen-bond donors (Lipinski definition) is 1. The van der Waals surface area contributed by atoms with Crippen LogP contribution in [0.1, 0.15) is 5.56 Å². The van der Waals surface area contributed by atoms with Gasteiger partial charge in [0, 0.05) is 22.6 Å². The topological polar surface area (TPSA) is 46.2 Å². The van der Waals surface area contributed by atoms with Gasteiger partial charge in [-0.1, -0.05) is 6.07 Å². The van der Waals surface area contributed by atoms with Crippen LogP contribution in [-0.4, -0.2) is 8.42 Å². The Hall–Kier alpha value is -0.350. The number of hydrogen-bond acceptors (Lipinski definition) is 3. The molecule has 0 amide bonds. The van der Waals surface area contributed by atoms with Crippen LogP contribution >= 0.6 is 43.2 Å².